The molecule has 3 N–H and O–H groups in total. The zero-order chi connectivity index (χ0) is 16.8. The molecule has 0 heterocycles. The van der Waals surface area contributed by atoms with Crippen molar-refractivity contribution in [2.45, 2.75) is 46.3 Å². The van der Waals surface area contributed by atoms with Crippen LogP contribution < -0.4 is 15.8 Å². The summed E-state index contributed by atoms with van der Waals surface area (Å²) in [6, 6.07) is 6.00. The Bertz CT molecular complexity index is 483. The predicted molar refractivity (Wildman–Crippen MR) is 81.7 cm³/mol. The van der Waals surface area contributed by atoms with E-state index in [9.17, 15) is 13.6 Å². The zero-order valence-corrected chi connectivity index (χ0v) is 13.2. The lowest BCUT2D eigenvalue weighted by atomic mass is 9.81. The van der Waals surface area contributed by atoms with Crippen LogP contribution in [0.25, 0.3) is 0 Å². The normalized spacial score (nSPS) is 13.0. The van der Waals surface area contributed by atoms with Gasteiger partial charge in [-0.2, -0.15) is 8.78 Å². The molecule has 6 heteroatoms. The number of rotatable bonds is 8. The quantitative estimate of drug-likeness (QED) is 0.774. The first-order valence-corrected chi connectivity index (χ1v) is 7.44. The highest BCUT2D eigenvalue weighted by atomic mass is 19.3. The molecule has 4 nitrogen and oxygen atoms in total. The van der Waals surface area contributed by atoms with Crippen LogP contribution >= 0.6 is 0 Å². The number of benzene rings is 1. The molecule has 1 rings (SSSR count). The standard InChI is InChI=1S/C16H24F2N2O2/c1-4-16(5-2,10-19)14(21)20-11(3)12-7-6-8-13(9-12)22-15(17)18/h6-9,11,15H,4-5,10,19H2,1-3H3,(H,20,21). The smallest absolute Gasteiger partial charge is 0.387 e. The SMILES string of the molecule is CCC(CC)(CN)C(=O)NC(C)c1cccc(OC(F)F)c1. The van der Waals surface area contributed by atoms with Crippen molar-refractivity contribution < 1.29 is 18.3 Å². The van der Waals surface area contributed by atoms with Gasteiger partial charge in [-0.15, -0.1) is 0 Å². The van der Waals surface area contributed by atoms with Crippen LogP contribution in [0.2, 0.25) is 0 Å². The Morgan fingerprint density at radius 1 is 1.36 bits per heavy atom. The summed E-state index contributed by atoms with van der Waals surface area (Å²) >= 11 is 0. The summed E-state index contributed by atoms with van der Waals surface area (Å²) in [5, 5.41) is 2.91. The molecule has 0 saturated carbocycles. The Hall–Kier alpha value is -1.69. The zero-order valence-electron chi connectivity index (χ0n) is 13.2. The molecular weight excluding hydrogens is 290 g/mol. The van der Waals surface area contributed by atoms with E-state index in [1.807, 2.05) is 13.8 Å². The number of carbonyl (C=O) groups is 1. The van der Waals surface area contributed by atoms with Crippen molar-refractivity contribution >= 4 is 5.91 Å². The van der Waals surface area contributed by atoms with E-state index in [0.717, 1.165) is 0 Å². The molecule has 1 aromatic rings. The maximum Gasteiger partial charge on any atom is 0.387 e. The highest BCUT2D eigenvalue weighted by molar-refractivity contribution is 5.83. The molecule has 0 saturated heterocycles. The molecule has 0 spiro atoms. The van der Waals surface area contributed by atoms with Crippen LogP contribution in [0.5, 0.6) is 5.75 Å². The number of halogens is 2. The molecule has 1 atom stereocenters. The van der Waals surface area contributed by atoms with Crippen LogP contribution in [0.1, 0.15) is 45.2 Å². The Balaban J connectivity index is 2.84. The van der Waals surface area contributed by atoms with Crippen LogP contribution in [-0.4, -0.2) is 19.1 Å². The van der Waals surface area contributed by atoms with E-state index in [2.05, 4.69) is 10.1 Å². The fourth-order valence-electron chi connectivity index (χ4n) is 2.35. The summed E-state index contributed by atoms with van der Waals surface area (Å²) in [4.78, 5) is 12.5. The first kappa shape index (κ1) is 18.4. The van der Waals surface area contributed by atoms with Crippen molar-refractivity contribution in [3.05, 3.63) is 29.8 Å². The minimum Gasteiger partial charge on any atom is -0.435 e. The molecule has 0 radical (unpaired) electrons. The number of nitrogens with one attached hydrogen (secondary N) is 1. The van der Waals surface area contributed by atoms with E-state index in [4.69, 9.17) is 5.73 Å². The van der Waals surface area contributed by atoms with Crippen LogP contribution in [-0.2, 0) is 4.79 Å². The molecule has 0 aliphatic carbocycles. The molecule has 124 valence electrons. The van der Waals surface area contributed by atoms with Crippen LogP contribution in [0.15, 0.2) is 24.3 Å². The summed E-state index contributed by atoms with van der Waals surface area (Å²) in [5.41, 5.74) is 5.87. The average Bonchev–Trinajstić information content (AvgIpc) is 2.49. The third-order valence-corrected chi connectivity index (χ3v) is 4.16. The Morgan fingerprint density at radius 2 is 2.00 bits per heavy atom. The third-order valence-electron chi connectivity index (χ3n) is 4.16. The second-order valence-corrected chi connectivity index (χ2v) is 5.34. The second-order valence-electron chi connectivity index (χ2n) is 5.34. The van der Waals surface area contributed by atoms with Crippen LogP contribution in [0, 0.1) is 5.41 Å². The monoisotopic (exact) mass is 314 g/mol. The van der Waals surface area contributed by atoms with Gasteiger partial charge in [-0.3, -0.25) is 4.79 Å². The van der Waals surface area contributed by atoms with Crippen molar-refractivity contribution in [2.24, 2.45) is 11.1 Å². The van der Waals surface area contributed by atoms with Gasteiger partial charge in [-0.25, -0.2) is 0 Å². The van der Waals surface area contributed by atoms with Gasteiger partial charge < -0.3 is 15.8 Å². The fraction of sp³-hybridized carbons (Fsp3) is 0.562. The number of nitrogens with two attached hydrogens (primary N) is 1. The average molecular weight is 314 g/mol. The van der Waals surface area contributed by atoms with Gasteiger partial charge in [0.2, 0.25) is 5.91 Å². The molecule has 1 unspecified atom stereocenters. The Kier molecular flexibility index (Phi) is 6.74. The van der Waals surface area contributed by atoms with Gasteiger partial charge in [0, 0.05) is 6.54 Å². The van der Waals surface area contributed by atoms with E-state index in [-0.39, 0.29) is 24.2 Å². The van der Waals surface area contributed by atoms with Gasteiger partial charge in [0.25, 0.3) is 0 Å². The maximum atomic E-state index is 12.5. The largest absolute Gasteiger partial charge is 0.435 e. The highest BCUT2D eigenvalue weighted by Gasteiger charge is 2.34. The Morgan fingerprint density at radius 3 is 2.50 bits per heavy atom. The lowest BCUT2D eigenvalue weighted by Crippen LogP contribution is -2.46. The second kappa shape index (κ2) is 8.08. The van der Waals surface area contributed by atoms with Gasteiger partial charge in [-0.1, -0.05) is 26.0 Å². The third kappa shape index (κ3) is 4.40. The van der Waals surface area contributed by atoms with E-state index in [1.54, 1.807) is 19.1 Å². The Labute approximate surface area is 130 Å². The number of hydrogen-bond donors (Lipinski definition) is 2. The summed E-state index contributed by atoms with van der Waals surface area (Å²) < 4.78 is 28.9. The van der Waals surface area contributed by atoms with E-state index in [0.29, 0.717) is 18.4 Å². The highest BCUT2D eigenvalue weighted by Crippen LogP contribution is 2.27. The lowest BCUT2D eigenvalue weighted by molar-refractivity contribution is -0.131. The van der Waals surface area contributed by atoms with E-state index >= 15 is 0 Å². The number of ether oxygens (including phenoxy) is 1. The van der Waals surface area contributed by atoms with Crippen LogP contribution in [0.3, 0.4) is 0 Å². The summed E-state index contributed by atoms with van der Waals surface area (Å²) in [7, 11) is 0. The molecule has 0 fully saturated rings. The number of hydrogen-bond acceptors (Lipinski definition) is 3. The lowest BCUT2D eigenvalue weighted by Gasteiger charge is -2.30. The first-order valence-electron chi connectivity index (χ1n) is 7.44. The molecule has 0 aromatic heterocycles. The summed E-state index contributed by atoms with van der Waals surface area (Å²) in [6.07, 6.45) is 1.29. The molecule has 22 heavy (non-hydrogen) atoms. The molecule has 0 aliphatic heterocycles. The summed E-state index contributed by atoms with van der Waals surface area (Å²) in [6.45, 7) is 3.05. The molecule has 1 amide bonds. The summed E-state index contributed by atoms with van der Waals surface area (Å²) in [5.74, 6) is -0.0441. The van der Waals surface area contributed by atoms with Gasteiger partial charge in [0.1, 0.15) is 5.75 Å². The fourth-order valence-corrected chi connectivity index (χ4v) is 2.35. The van der Waals surface area contributed by atoms with Crippen molar-refractivity contribution in [2.75, 3.05) is 6.54 Å². The topological polar surface area (TPSA) is 64.4 Å². The van der Waals surface area contributed by atoms with Gasteiger partial charge in [-0.05, 0) is 37.5 Å². The van der Waals surface area contributed by atoms with Gasteiger partial charge in [0.05, 0.1) is 11.5 Å². The van der Waals surface area contributed by atoms with E-state index in [1.165, 1.54) is 12.1 Å². The van der Waals surface area contributed by atoms with Crippen molar-refractivity contribution in [1.82, 2.24) is 5.32 Å². The van der Waals surface area contributed by atoms with Gasteiger partial charge in [0.15, 0.2) is 0 Å². The minimum absolute atomic E-state index is 0.0738. The number of amides is 1. The molecule has 0 aliphatic rings. The van der Waals surface area contributed by atoms with Crippen molar-refractivity contribution in [3.63, 3.8) is 0 Å². The maximum absolute atomic E-state index is 12.5. The number of carbonyl (C=O) groups excluding carboxylic acids is 1. The molecule has 1 aromatic carbocycles. The van der Waals surface area contributed by atoms with Crippen molar-refractivity contribution in [3.8, 4) is 5.75 Å². The molecular formula is C16H24F2N2O2. The van der Waals surface area contributed by atoms with Crippen molar-refractivity contribution in [1.29, 1.82) is 0 Å². The minimum atomic E-state index is -2.87. The predicted octanol–water partition coefficient (Wildman–Crippen LogP) is 3.23. The number of alkyl halides is 2. The van der Waals surface area contributed by atoms with E-state index < -0.39 is 12.0 Å². The molecule has 0 bridgehead atoms. The van der Waals surface area contributed by atoms with Gasteiger partial charge >= 0.3 is 6.61 Å². The van der Waals surface area contributed by atoms with Crippen LogP contribution in [0.4, 0.5) is 8.78 Å². The first-order chi connectivity index (χ1) is 10.4.